The molecule has 25 heavy (non-hydrogen) atoms. The first-order valence-electron chi connectivity index (χ1n) is 7.49. The van der Waals surface area contributed by atoms with Gasteiger partial charge in [0.2, 0.25) is 0 Å². The van der Waals surface area contributed by atoms with Gasteiger partial charge in [-0.15, -0.1) is 0 Å². The molecule has 6 heteroatoms. The Bertz CT molecular complexity index is 904. The first kappa shape index (κ1) is 16.8. The fraction of sp³-hybridized carbons (Fsp3) is 0.0526. The van der Waals surface area contributed by atoms with E-state index >= 15 is 0 Å². The van der Waals surface area contributed by atoms with Crippen molar-refractivity contribution in [2.45, 2.75) is 0 Å². The molecule has 0 aliphatic rings. The number of nitrogens with one attached hydrogen (secondary N) is 1. The van der Waals surface area contributed by atoms with Crippen molar-refractivity contribution in [3.8, 4) is 11.3 Å². The van der Waals surface area contributed by atoms with Gasteiger partial charge in [-0.3, -0.25) is 5.43 Å². The molecule has 0 aliphatic heterocycles. The van der Waals surface area contributed by atoms with Crippen LogP contribution < -0.4 is 5.43 Å². The summed E-state index contributed by atoms with van der Waals surface area (Å²) in [7, 11) is 1.31. The van der Waals surface area contributed by atoms with Crippen LogP contribution in [0.25, 0.3) is 11.3 Å². The number of carbonyl (C=O) groups is 1. The van der Waals surface area contributed by atoms with Crippen molar-refractivity contribution in [1.82, 2.24) is 0 Å². The molecule has 0 aliphatic carbocycles. The largest absolute Gasteiger partial charge is 0.465 e. The molecule has 2 aromatic carbocycles. The molecule has 0 atom stereocenters. The molecule has 0 spiro atoms. The summed E-state index contributed by atoms with van der Waals surface area (Å²) in [6, 6.07) is 18.2. The number of benzene rings is 2. The zero-order valence-corrected chi connectivity index (χ0v) is 14.2. The van der Waals surface area contributed by atoms with Crippen LogP contribution in [0.2, 0.25) is 5.02 Å². The summed E-state index contributed by atoms with van der Waals surface area (Å²) in [5, 5.41) is 4.46. The van der Waals surface area contributed by atoms with Gasteiger partial charge in [0.05, 0.1) is 29.6 Å². The molecule has 1 heterocycles. The smallest absolute Gasteiger partial charge is 0.339 e. The number of anilines is 1. The number of halogens is 1. The number of furan rings is 1. The Morgan fingerprint density at radius 2 is 1.96 bits per heavy atom. The van der Waals surface area contributed by atoms with Crippen molar-refractivity contribution in [2.24, 2.45) is 5.10 Å². The van der Waals surface area contributed by atoms with Gasteiger partial charge >= 0.3 is 5.97 Å². The van der Waals surface area contributed by atoms with Crippen LogP contribution in [0.1, 0.15) is 16.1 Å². The van der Waals surface area contributed by atoms with Gasteiger partial charge in [-0.2, -0.15) is 5.10 Å². The van der Waals surface area contributed by atoms with Crippen molar-refractivity contribution in [3.63, 3.8) is 0 Å². The van der Waals surface area contributed by atoms with E-state index in [0.717, 1.165) is 11.3 Å². The van der Waals surface area contributed by atoms with Crippen molar-refractivity contribution in [3.05, 3.63) is 77.0 Å². The van der Waals surface area contributed by atoms with Gasteiger partial charge in [0.25, 0.3) is 0 Å². The molecule has 3 rings (SSSR count). The van der Waals surface area contributed by atoms with Crippen LogP contribution in [0.4, 0.5) is 5.69 Å². The lowest BCUT2D eigenvalue weighted by molar-refractivity contribution is 0.0601. The van der Waals surface area contributed by atoms with Gasteiger partial charge < -0.3 is 9.15 Å². The Labute approximate surface area is 149 Å². The summed E-state index contributed by atoms with van der Waals surface area (Å²) in [4.78, 5) is 11.7. The number of hydrogen-bond acceptors (Lipinski definition) is 5. The van der Waals surface area contributed by atoms with Gasteiger partial charge in [0, 0.05) is 5.56 Å². The van der Waals surface area contributed by atoms with Crippen molar-refractivity contribution >= 4 is 29.5 Å². The number of carbonyl (C=O) groups excluding carboxylic acids is 1. The monoisotopic (exact) mass is 354 g/mol. The van der Waals surface area contributed by atoms with E-state index in [1.54, 1.807) is 36.5 Å². The zero-order chi connectivity index (χ0) is 17.6. The van der Waals surface area contributed by atoms with E-state index < -0.39 is 5.97 Å². The van der Waals surface area contributed by atoms with Crippen LogP contribution in [0.15, 0.2) is 70.2 Å². The van der Waals surface area contributed by atoms with Crippen LogP contribution in [0, 0.1) is 0 Å². The van der Waals surface area contributed by atoms with Crippen molar-refractivity contribution in [1.29, 1.82) is 0 Å². The highest BCUT2D eigenvalue weighted by molar-refractivity contribution is 6.33. The van der Waals surface area contributed by atoms with E-state index in [4.69, 9.17) is 20.8 Å². The lowest BCUT2D eigenvalue weighted by Gasteiger charge is -2.04. The molecular formula is C19H15ClN2O3. The number of rotatable bonds is 5. The van der Waals surface area contributed by atoms with E-state index in [9.17, 15) is 4.79 Å². The van der Waals surface area contributed by atoms with Crippen LogP contribution in [0.5, 0.6) is 0 Å². The van der Waals surface area contributed by atoms with E-state index in [1.807, 2.05) is 30.3 Å². The number of nitrogens with zero attached hydrogens (tertiary/aromatic N) is 1. The average Bonchev–Trinajstić information content (AvgIpc) is 3.11. The molecular weight excluding hydrogens is 340 g/mol. The van der Waals surface area contributed by atoms with Gasteiger partial charge in [-0.25, -0.2) is 4.79 Å². The maximum Gasteiger partial charge on any atom is 0.339 e. The lowest BCUT2D eigenvalue weighted by atomic mass is 10.1. The maximum absolute atomic E-state index is 11.7. The Morgan fingerprint density at radius 3 is 2.72 bits per heavy atom. The molecule has 0 amide bonds. The second-order valence-corrected chi connectivity index (χ2v) is 5.53. The minimum atomic E-state index is -0.493. The third kappa shape index (κ3) is 4.08. The highest BCUT2D eigenvalue weighted by atomic mass is 35.5. The van der Waals surface area contributed by atoms with E-state index in [2.05, 4.69) is 10.5 Å². The highest BCUT2D eigenvalue weighted by Gasteiger charge is 2.13. The minimum Gasteiger partial charge on any atom is -0.465 e. The molecule has 1 aromatic heterocycles. The Kier molecular flexibility index (Phi) is 5.16. The lowest BCUT2D eigenvalue weighted by Crippen LogP contribution is -2.02. The molecule has 0 saturated carbocycles. The molecule has 3 aromatic rings. The van der Waals surface area contributed by atoms with Gasteiger partial charge in [-0.1, -0.05) is 29.8 Å². The number of ether oxygens (including phenoxy) is 1. The summed E-state index contributed by atoms with van der Waals surface area (Å²) in [6.45, 7) is 0. The van der Waals surface area contributed by atoms with E-state index in [0.29, 0.717) is 22.1 Å². The maximum atomic E-state index is 11.7. The summed E-state index contributed by atoms with van der Waals surface area (Å²) in [5.74, 6) is 0.684. The fourth-order valence-corrected chi connectivity index (χ4v) is 2.40. The number of esters is 1. The molecule has 0 fully saturated rings. The average molecular weight is 355 g/mol. The second kappa shape index (κ2) is 7.68. The first-order chi connectivity index (χ1) is 12.2. The third-order valence-electron chi connectivity index (χ3n) is 3.44. The van der Waals surface area contributed by atoms with E-state index in [-0.39, 0.29) is 0 Å². The van der Waals surface area contributed by atoms with Gasteiger partial charge in [-0.05, 0) is 42.5 Å². The summed E-state index contributed by atoms with van der Waals surface area (Å²) < 4.78 is 10.5. The predicted molar refractivity (Wildman–Crippen MR) is 98.2 cm³/mol. The molecule has 126 valence electrons. The predicted octanol–water partition coefficient (Wildman–Crippen LogP) is 4.83. The summed E-state index contributed by atoms with van der Waals surface area (Å²) in [5.41, 5.74) is 4.81. The Morgan fingerprint density at radius 1 is 1.16 bits per heavy atom. The quantitative estimate of drug-likeness (QED) is 0.405. The van der Waals surface area contributed by atoms with Crippen LogP contribution in [-0.4, -0.2) is 19.3 Å². The number of para-hydroxylation sites is 1. The normalized spacial score (nSPS) is 10.8. The summed E-state index contributed by atoms with van der Waals surface area (Å²) in [6.07, 6.45) is 1.58. The van der Waals surface area contributed by atoms with Crippen LogP contribution in [0.3, 0.4) is 0 Å². The Hall–Kier alpha value is -3.05. The van der Waals surface area contributed by atoms with Gasteiger partial charge in [0.1, 0.15) is 11.5 Å². The SMILES string of the molecule is COC(=O)c1cc(-c2ccc(/C=N\Nc3ccccc3)o2)ccc1Cl. The third-order valence-corrected chi connectivity index (χ3v) is 3.77. The Balaban J connectivity index is 1.76. The molecule has 0 saturated heterocycles. The molecule has 0 unspecified atom stereocenters. The number of hydrazone groups is 1. The molecule has 5 nitrogen and oxygen atoms in total. The standard InChI is InChI=1S/C19H15ClN2O3/c1-24-19(23)16-11-13(7-9-17(16)20)18-10-8-15(25-18)12-21-22-14-5-3-2-4-6-14/h2-12,22H,1H3/b21-12-. The fourth-order valence-electron chi connectivity index (χ4n) is 2.21. The second-order valence-electron chi connectivity index (χ2n) is 5.12. The molecule has 1 N–H and O–H groups in total. The van der Waals surface area contributed by atoms with Crippen molar-refractivity contribution in [2.75, 3.05) is 12.5 Å². The first-order valence-corrected chi connectivity index (χ1v) is 7.87. The zero-order valence-electron chi connectivity index (χ0n) is 13.4. The minimum absolute atomic E-state index is 0.291. The summed E-state index contributed by atoms with van der Waals surface area (Å²) >= 11 is 6.03. The highest BCUT2D eigenvalue weighted by Crippen LogP contribution is 2.27. The van der Waals surface area contributed by atoms with Gasteiger partial charge in [0.15, 0.2) is 0 Å². The molecule has 0 radical (unpaired) electrons. The van der Waals surface area contributed by atoms with Crippen LogP contribution in [-0.2, 0) is 4.74 Å². The molecule has 0 bridgehead atoms. The van der Waals surface area contributed by atoms with Crippen LogP contribution >= 0.6 is 11.6 Å². The number of hydrogen-bond donors (Lipinski definition) is 1. The topological polar surface area (TPSA) is 63.8 Å². The van der Waals surface area contributed by atoms with E-state index in [1.165, 1.54) is 7.11 Å². The van der Waals surface area contributed by atoms with Crippen molar-refractivity contribution < 1.29 is 13.9 Å². The number of methoxy groups -OCH3 is 1.